The Kier molecular flexibility index (Phi) is 4.40. The van der Waals surface area contributed by atoms with Gasteiger partial charge in [-0.15, -0.1) is 0 Å². The first-order valence-electron chi connectivity index (χ1n) is 8.16. The summed E-state index contributed by atoms with van der Waals surface area (Å²) < 4.78 is 1.22. The van der Waals surface area contributed by atoms with Crippen LogP contribution < -0.4 is 5.56 Å². The summed E-state index contributed by atoms with van der Waals surface area (Å²) in [5.74, 6) is -0.202. The first-order valence-corrected chi connectivity index (χ1v) is 8.16. The van der Waals surface area contributed by atoms with Crippen molar-refractivity contribution >= 4 is 16.7 Å². The summed E-state index contributed by atoms with van der Waals surface area (Å²) >= 11 is 0. The Morgan fingerprint density at radius 2 is 1.80 bits per heavy atom. The Labute approximate surface area is 146 Å². The topological polar surface area (TPSA) is 55.2 Å². The van der Waals surface area contributed by atoms with Crippen LogP contribution in [0.1, 0.15) is 27.2 Å². The number of benzene rings is 2. The van der Waals surface area contributed by atoms with E-state index in [1.807, 2.05) is 32.0 Å². The highest BCUT2D eigenvalue weighted by molar-refractivity contribution is 6.04. The zero-order valence-corrected chi connectivity index (χ0v) is 14.9. The number of nitrogens with zero attached hydrogens (tertiary/aromatic N) is 3. The Hall–Kier alpha value is -2.95. The number of amides is 1. The second-order valence-electron chi connectivity index (χ2n) is 6.41. The van der Waals surface area contributed by atoms with Gasteiger partial charge < -0.3 is 4.90 Å². The third-order valence-electron chi connectivity index (χ3n) is 4.41. The second-order valence-corrected chi connectivity index (χ2v) is 6.41. The summed E-state index contributed by atoms with van der Waals surface area (Å²) in [4.78, 5) is 26.8. The Morgan fingerprint density at radius 3 is 2.48 bits per heavy atom. The summed E-state index contributed by atoms with van der Waals surface area (Å²) in [5.41, 5.74) is 3.53. The van der Waals surface area contributed by atoms with Crippen molar-refractivity contribution in [3.63, 3.8) is 0 Å². The molecule has 0 N–H and O–H groups in total. The zero-order valence-electron chi connectivity index (χ0n) is 14.9. The lowest BCUT2D eigenvalue weighted by Crippen LogP contribution is -2.31. The highest BCUT2D eigenvalue weighted by Crippen LogP contribution is 2.17. The lowest BCUT2D eigenvalue weighted by atomic mass is 10.1. The van der Waals surface area contributed by atoms with Gasteiger partial charge in [0.2, 0.25) is 0 Å². The molecule has 1 amide bonds. The average Bonchev–Trinajstić information content (AvgIpc) is 2.60. The fourth-order valence-electron chi connectivity index (χ4n) is 2.99. The van der Waals surface area contributed by atoms with Gasteiger partial charge in [0.15, 0.2) is 5.69 Å². The number of aryl methyl sites for hydroxylation is 3. The number of rotatable bonds is 3. The smallest absolute Gasteiger partial charge is 0.274 e. The average molecular weight is 335 g/mol. The first-order chi connectivity index (χ1) is 11.9. The monoisotopic (exact) mass is 335 g/mol. The third-order valence-corrected chi connectivity index (χ3v) is 4.41. The van der Waals surface area contributed by atoms with E-state index in [4.69, 9.17) is 0 Å². The first kappa shape index (κ1) is 16.9. The summed E-state index contributed by atoms with van der Waals surface area (Å²) in [6, 6.07) is 13.3. The van der Waals surface area contributed by atoms with Gasteiger partial charge in [-0.1, -0.05) is 42.0 Å². The fraction of sp³-hybridized carbons (Fsp3) is 0.250. The summed E-state index contributed by atoms with van der Waals surface area (Å²) in [6.07, 6.45) is 0. The van der Waals surface area contributed by atoms with Crippen LogP contribution in [0.5, 0.6) is 0 Å². The van der Waals surface area contributed by atoms with Crippen LogP contribution in [0.2, 0.25) is 0 Å². The van der Waals surface area contributed by atoms with Crippen LogP contribution in [0.3, 0.4) is 0 Å². The van der Waals surface area contributed by atoms with Crippen LogP contribution in [0.4, 0.5) is 0 Å². The van der Waals surface area contributed by atoms with Crippen LogP contribution in [-0.2, 0) is 13.6 Å². The van der Waals surface area contributed by atoms with Gasteiger partial charge in [0.1, 0.15) is 0 Å². The zero-order chi connectivity index (χ0) is 18.1. The van der Waals surface area contributed by atoms with Gasteiger partial charge in [-0.2, -0.15) is 5.10 Å². The molecule has 0 aliphatic heterocycles. The van der Waals surface area contributed by atoms with E-state index in [9.17, 15) is 9.59 Å². The van der Waals surface area contributed by atoms with Gasteiger partial charge >= 0.3 is 0 Å². The van der Waals surface area contributed by atoms with Crippen molar-refractivity contribution in [2.45, 2.75) is 20.4 Å². The summed E-state index contributed by atoms with van der Waals surface area (Å²) in [7, 11) is 3.32. The van der Waals surface area contributed by atoms with Gasteiger partial charge in [0.25, 0.3) is 11.5 Å². The molecular weight excluding hydrogens is 314 g/mol. The van der Waals surface area contributed by atoms with Crippen molar-refractivity contribution in [2.75, 3.05) is 7.05 Å². The molecule has 0 aliphatic rings. The highest BCUT2D eigenvalue weighted by Gasteiger charge is 2.19. The lowest BCUT2D eigenvalue weighted by molar-refractivity contribution is 0.0779. The van der Waals surface area contributed by atoms with Crippen molar-refractivity contribution in [1.29, 1.82) is 0 Å². The maximum absolute atomic E-state index is 13.0. The minimum atomic E-state index is -0.204. The van der Waals surface area contributed by atoms with Crippen LogP contribution >= 0.6 is 0 Å². The number of fused-ring (bicyclic) bond motifs is 1. The van der Waals surface area contributed by atoms with E-state index < -0.39 is 0 Å². The molecule has 0 radical (unpaired) electrons. The van der Waals surface area contributed by atoms with Gasteiger partial charge in [-0.25, -0.2) is 4.68 Å². The van der Waals surface area contributed by atoms with Gasteiger partial charge in [0.05, 0.1) is 5.39 Å². The van der Waals surface area contributed by atoms with E-state index in [-0.39, 0.29) is 11.5 Å². The van der Waals surface area contributed by atoms with Crippen molar-refractivity contribution in [2.24, 2.45) is 7.05 Å². The number of hydrogen-bond acceptors (Lipinski definition) is 3. The molecule has 0 bridgehead atoms. The molecule has 25 heavy (non-hydrogen) atoms. The Bertz CT molecular complexity index is 1020. The van der Waals surface area contributed by atoms with E-state index in [1.165, 1.54) is 10.2 Å². The van der Waals surface area contributed by atoms with Crippen molar-refractivity contribution < 1.29 is 4.79 Å². The molecule has 128 valence electrons. The molecular formula is C20H21N3O2. The number of aromatic nitrogens is 2. The van der Waals surface area contributed by atoms with E-state index >= 15 is 0 Å². The third kappa shape index (κ3) is 3.18. The van der Waals surface area contributed by atoms with Crippen LogP contribution in [0.15, 0.2) is 47.3 Å². The standard InChI is InChI=1S/C20H21N3O2/c1-13-9-10-15(14(2)11-13)12-22(3)20(25)18-16-7-5-6-8-17(16)19(24)23(4)21-18/h5-11H,12H2,1-4H3. The van der Waals surface area contributed by atoms with Crippen molar-refractivity contribution in [1.82, 2.24) is 14.7 Å². The quantitative estimate of drug-likeness (QED) is 0.739. The summed E-state index contributed by atoms with van der Waals surface area (Å²) in [5, 5.41) is 5.30. The van der Waals surface area contributed by atoms with Gasteiger partial charge in [-0.3, -0.25) is 9.59 Å². The Morgan fingerprint density at radius 1 is 1.12 bits per heavy atom. The van der Waals surface area contributed by atoms with E-state index in [2.05, 4.69) is 11.2 Å². The van der Waals surface area contributed by atoms with Crippen molar-refractivity contribution in [3.8, 4) is 0 Å². The molecule has 3 aromatic rings. The van der Waals surface area contributed by atoms with Crippen LogP contribution in [-0.4, -0.2) is 27.6 Å². The molecule has 2 aromatic carbocycles. The molecule has 1 heterocycles. The number of carbonyl (C=O) groups is 1. The molecule has 0 spiro atoms. The van der Waals surface area contributed by atoms with Crippen LogP contribution in [0.25, 0.3) is 10.8 Å². The van der Waals surface area contributed by atoms with Gasteiger partial charge in [-0.05, 0) is 31.0 Å². The molecule has 5 heteroatoms. The number of carbonyl (C=O) groups excluding carboxylic acids is 1. The predicted octanol–water partition coefficient (Wildman–Crippen LogP) is 2.82. The fourth-order valence-corrected chi connectivity index (χ4v) is 2.99. The Balaban J connectivity index is 1.99. The molecule has 0 saturated carbocycles. The van der Waals surface area contributed by atoms with Crippen LogP contribution in [0, 0.1) is 13.8 Å². The molecule has 0 atom stereocenters. The van der Waals surface area contributed by atoms with Gasteiger partial charge in [0, 0.05) is 26.0 Å². The summed E-state index contributed by atoms with van der Waals surface area (Å²) in [6.45, 7) is 4.58. The number of hydrogen-bond donors (Lipinski definition) is 0. The normalized spacial score (nSPS) is 10.9. The second kappa shape index (κ2) is 6.51. The minimum Gasteiger partial charge on any atom is -0.336 e. The predicted molar refractivity (Wildman–Crippen MR) is 98.7 cm³/mol. The van der Waals surface area contributed by atoms with Crippen molar-refractivity contribution in [3.05, 3.63) is 75.2 Å². The van der Waals surface area contributed by atoms with E-state index in [0.717, 1.165) is 11.1 Å². The molecule has 3 rings (SSSR count). The minimum absolute atomic E-state index is 0.202. The molecule has 0 aliphatic carbocycles. The molecule has 1 aromatic heterocycles. The van der Waals surface area contributed by atoms with E-state index in [0.29, 0.717) is 23.0 Å². The maximum atomic E-state index is 13.0. The highest BCUT2D eigenvalue weighted by atomic mass is 16.2. The lowest BCUT2D eigenvalue weighted by Gasteiger charge is -2.19. The SMILES string of the molecule is Cc1ccc(CN(C)C(=O)c2nn(C)c(=O)c3ccccc23)c(C)c1. The molecule has 0 fully saturated rings. The van der Waals surface area contributed by atoms with E-state index in [1.54, 1.807) is 37.2 Å². The molecule has 0 saturated heterocycles. The maximum Gasteiger partial charge on any atom is 0.274 e. The molecule has 5 nitrogen and oxygen atoms in total. The largest absolute Gasteiger partial charge is 0.336 e. The molecule has 0 unspecified atom stereocenters.